The summed E-state index contributed by atoms with van der Waals surface area (Å²) in [4.78, 5) is 38.8. The molecule has 6 rings (SSSR count). The minimum atomic E-state index is -4.61. The number of nitrogens with zero attached hydrogens (tertiary/aromatic N) is 5. The molecule has 0 aliphatic carbocycles. The molecule has 1 aliphatic heterocycles. The second-order valence-electron chi connectivity index (χ2n) is 9.79. The summed E-state index contributed by atoms with van der Waals surface area (Å²) in [6.45, 7) is 0.644. The third-order valence-corrected chi connectivity index (χ3v) is 6.95. The number of ether oxygens (including phenoxy) is 1. The van der Waals surface area contributed by atoms with Crippen molar-refractivity contribution in [2.45, 2.75) is 31.7 Å². The van der Waals surface area contributed by atoms with Crippen LogP contribution in [-0.4, -0.2) is 36.6 Å². The van der Waals surface area contributed by atoms with Gasteiger partial charge in [-0.3, -0.25) is 18.7 Å². The quantitative estimate of drug-likeness (QED) is 0.238. The summed E-state index contributed by atoms with van der Waals surface area (Å²) in [5.74, 6) is -1.32. The van der Waals surface area contributed by atoms with Crippen LogP contribution in [0, 0.1) is 5.82 Å². The SMILES string of the molecule is O=C(Nc1ccc(Nc2ncnc3c2ncn3C2CCCCO2)c(F)c1)c1cccn(-c2cccc(C(F)(F)F)c2)c1=O. The first-order valence-electron chi connectivity index (χ1n) is 13.3. The Morgan fingerprint density at radius 1 is 1.02 bits per heavy atom. The highest BCUT2D eigenvalue weighted by atomic mass is 19.4. The largest absolute Gasteiger partial charge is 0.416 e. The van der Waals surface area contributed by atoms with Crippen LogP contribution in [0.4, 0.5) is 34.8 Å². The topological polar surface area (TPSA) is 116 Å². The number of halogens is 4. The van der Waals surface area contributed by atoms with Crippen LogP contribution in [0.5, 0.6) is 0 Å². The Balaban J connectivity index is 1.20. The number of alkyl halides is 3. The molecule has 5 aromatic rings. The molecule has 1 aliphatic rings. The lowest BCUT2D eigenvalue weighted by Gasteiger charge is -2.23. The molecule has 0 bridgehead atoms. The van der Waals surface area contributed by atoms with E-state index in [0.29, 0.717) is 17.8 Å². The molecule has 43 heavy (non-hydrogen) atoms. The lowest BCUT2D eigenvalue weighted by atomic mass is 10.1. The Bertz CT molecular complexity index is 1880. The first-order chi connectivity index (χ1) is 20.7. The van der Waals surface area contributed by atoms with Crippen molar-refractivity contribution in [3.63, 3.8) is 0 Å². The maximum Gasteiger partial charge on any atom is 0.416 e. The average Bonchev–Trinajstić information content (AvgIpc) is 3.44. The molecule has 0 spiro atoms. The maximum absolute atomic E-state index is 15.1. The van der Waals surface area contributed by atoms with Gasteiger partial charge < -0.3 is 15.4 Å². The number of carbonyl (C=O) groups excluding carboxylic acids is 1. The van der Waals surface area contributed by atoms with Crippen LogP contribution >= 0.6 is 0 Å². The molecule has 0 saturated carbocycles. The Hall–Kier alpha value is -5.11. The fraction of sp³-hybridized carbons (Fsp3) is 0.207. The Kier molecular flexibility index (Phi) is 7.36. The highest BCUT2D eigenvalue weighted by Crippen LogP contribution is 2.31. The zero-order valence-corrected chi connectivity index (χ0v) is 22.3. The van der Waals surface area contributed by atoms with Crippen LogP contribution in [0.25, 0.3) is 16.9 Å². The van der Waals surface area contributed by atoms with Gasteiger partial charge in [-0.2, -0.15) is 13.2 Å². The Labute approximate surface area is 241 Å². The maximum atomic E-state index is 15.1. The number of amides is 1. The van der Waals surface area contributed by atoms with Crippen LogP contribution in [0.3, 0.4) is 0 Å². The van der Waals surface area contributed by atoms with E-state index < -0.39 is 29.0 Å². The molecular formula is C29H23F4N7O3. The third kappa shape index (κ3) is 5.68. The number of fused-ring (bicyclic) bond motifs is 1. The Morgan fingerprint density at radius 2 is 1.88 bits per heavy atom. The number of pyridine rings is 1. The molecule has 220 valence electrons. The molecule has 1 atom stereocenters. The van der Waals surface area contributed by atoms with Crippen LogP contribution in [0.1, 0.15) is 41.4 Å². The summed E-state index contributed by atoms with van der Waals surface area (Å²) in [6, 6.07) is 10.6. The minimum Gasteiger partial charge on any atom is -0.358 e. The fourth-order valence-electron chi connectivity index (χ4n) is 4.82. The zero-order chi connectivity index (χ0) is 30.1. The molecule has 3 aromatic heterocycles. The van der Waals surface area contributed by atoms with E-state index in [4.69, 9.17) is 4.74 Å². The molecule has 14 heteroatoms. The van der Waals surface area contributed by atoms with Gasteiger partial charge >= 0.3 is 6.18 Å². The number of anilines is 3. The molecule has 1 unspecified atom stereocenters. The fourth-order valence-corrected chi connectivity index (χ4v) is 4.82. The number of hydrogen-bond acceptors (Lipinski definition) is 7. The molecule has 10 nitrogen and oxygen atoms in total. The van der Waals surface area contributed by atoms with Crippen molar-refractivity contribution >= 4 is 34.3 Å². The number of aromatic nitrogens is 5. The van der Waals surface area contributed by atoms with E-state index in [-0.39, 0.29) is 34.7 Å². The van der Waals surface area contributed by atoms with Crippen LogP contribution in [0.2, 0.25) is 0 Å². The third-order valence-electron chi connectivity index (χ3n) is 6.95. The predicted octanol–water partition coefficient (Wildman–Crippen LogP) is 5.83. The van der Waals surface area contributed by atoms with Crippen molar-refractivity contribution in [2.24, 2.45) is 0 Å². The first-order valence-corrected chi connectivity index (χ1v) is 13.3. The van der Waals surface area contributed by atoms with E-state index in [9.17, 15) is 22.8 Å². The second kappa shape index (κ2) is 11.3. The molecule has 1 amide bonds. The highest BCUT2D eigenvalue weighted by molar-refractivity contribution is 6.04. The number of nitrogens with one attached hydrogen (secondary N) is 2. The highest BCUT2D eigenvalue weighted by Gasteiger charge is 2.30. The van der Waals surface area contributed by atoms with Crippen molar-refractivity contribution in [2.75, 3.05) is 17.2 Å². The van der Waals surface area contributed by atoms with Gasteiger partial charge in [0.05, 0.1) is 17.6 Å². The van der Waals surface area contributed by atoms with Gasteiger partial charge in [0, 0.05) is 24.2 Å². The number of imidazole rings is 1. The molecule has 2 aromatic carbocycles. The number of hydrogen-bond donors (Lipinski definition) is 2. The van der Waals surface area contributed by atoms with Gasteiger partial charge in [0.1, 0.15) is 23.9 Å². The van der Waals surface area contributed by atoms with Crippen molar-refractivity contribution in [1.29, 1.82) is 0 Å². The molecular weight excluding hydrogens is 570 g/mol. The second-order valence-corrected chi connectivity index (χ2v) is 9.79. The standard InChI is InChI=1S/C29H23F4N7O3/c30-21-14-18(37-27(41)20-7-4-11-39(28(20)42)19-6-3-5-17(13-19)29(31,32)33)9-10-22(21)38-25-24-26(35-15-34-25)40(16-36-24)23-8-1-2-12-43-23/h3-7,9-11,13-16,23H,1-2,8,12H2,(H,37,41)(H,34,35,38). The molecule has 4 heterocycles. The van der Waals surface area contributed by atoms with Crippen LogP contribution in [-0.2, 0) is 10.9 Å². The van der Waals surface area contributed by atoms with Crippen molar-refractivity contribution in [3.05, 3.63) is 101 Å². The summed E-state index contributed by atoms with van der Waals surface area (Å²) < 4.78 is 63.2. The molecule has 2 N–H and O–H groups in total. The summed E-state index contributed by atoms with van der Waals surface area (Å²) in [7, 11) is 0. The van der Waals surface area contributed by atoms with Gasteiger partial charge in [0.25, 0.3) is 11.5 Å². The summed E-state index contributed by atoms with van der Waals surface area (Å²) in [5.41, 5.74) is -1.13. The van der Waals surface area contributed by atoms with Gasteiger partial charge in [-0.1, -0.05) is 6.07 Å². The molecule has 0 radical (unpaired) electrons. The average molecular weight is 594 g/mol. The van der Waals surface area contributed by atoms with E-state index in [2.05, 4.69) is 25.6 Å². The number of benzene rings is 2. The summed E-state index contributed by atoms with van der Waals surface area (Å²) in [5, 5.41) is 5.36. The van der Waals surface area contributed by atoms with E-state index in [1.54, 1.807) is 6.33 Å². The van der Waals surface area contributed by atoms with Gasteiger partial charge in [-0.05, 0) is 67.8 Å². The van der Waals surface area contributed by atoms with Crippen molar-refractivity contribution in [1.82, 2.24) is 24.1 Å². The van der Waals surface area contributed by atoms with Gasteiger partial charge in [-0.15, -0.1) is 0 Å². The van der Waals surface area contributed by atoms with Crippen molar-refractivity contribution < 1.29 is 27.1 Å². The summed E-state index contributed by atoms with van der Waals surface area (Å²) >= 11 is 0. The monoisotopic (exact) mass is 593 g/mol. The first kappa shape index (κ1) is 28.0. The number of rotatable bonds is 6. The lowest BCUT2D eigenvalue weighted by Crippen LogP contribution is -2.28. The molecule has 1 fully saturated rings. The van der Waals surface area contributed by atoms with Crippen molar-refractivity contribution in [3.8, 4) is 5.69 Å². The minimum absolute atomic E-state index is 0.0491. The predicted molar refractivity (Wildman–Crippen MR) is 149 cm³/mol. The van der Waals surface area contributed by atoms with Gasteiger partial charge in [0.2, 0.25) is 0 Å². The van der Waals surface area contributed by atoms with Gasteiger partial charge in [0.15, 0.2) is 17.0 Å². The van der Waals surface area contributed by atoms with E-state index in [1.807, 2.05) is 4.57 Å². The Morgan fingerprint density at radius 3 is 2.65 bits per heavy atom. The lowest BCUT2D eigenvalue weighted by molar-refractivity contribution is -0.137. The zero-order valence-electron chi connectivity index (χ0n) is 22.3. The van der Waals surface area contributed by atoms with E-state index in [1.165, 1.54) is 48.9 Å². The van der Waals surface area contributed by atoms with Crippen LogP contribution < -0.4 is 16.2 Å². The normalized spacial score (nSPS) is 15.4. The smallest absolute Gasteiger partial charge is 0.358 e. The molecule has 1 saturated heterocycles. The van der Waals surface area contributed by atoms with Gasteiger partial charge in [-0.25, -0.2) is 19.3 Å². The van der Waals surface area contributed by atoms with E-state index in [0.717, 1.165) is 42.0 Å². The number of carbonyl (C=O) groups is 1. The van der Waals surface area contributed by atoms with E-state index >= 15 is 4.39 Å². The van der Waals surface area contributed by atoms with Crippen LogP contribution in [0.15, 0.2) is 78.2 Å². The summed E-state index contributed by atoms with van der Waals surface area (Å²) in [6.07, 6.45) is 2.23.